The minimum absolute atomic E-state index is 0. The summed E-state index contributed by atoms with van der Waals surface area (Å²) in [5, 5.41) is 0. The van der Waals surface area contributed by atoms with E-state index in [2.05, 4.69) is 55.9 Å². The summed E-state index contributed by atoms with van der Waals surface area (Å²) in [7, 11) is 0. The van der Waals surface area contributed by atoms with Crippen LogP contribution >= 0.6 is 12.4 Å². The van der Waals surface area contributed by atoms with E-state index < -0.39 is 0 Å². The molecule has 0 bridgehead atoms. The highest BCUT2D eigenvalue weighted by Crippen LogP contribution is 2.00. The highest BCUT2D eigenvalue weighted by molar-refractivity contribution is 5.85. The Balaban J connectivity index is 0. The van der Waals surface area contributed by atoms with Crippen LogP contribution in [0.5, 0.6) is 0 Å². The molecular formula is C13H31ClN3+. The van der Waals surface area contributed by atoms with Gasteiger partial charge in [0.1, 0.15) is 0 Å². The van der Waals surface area contributed by atoms with Gasteiger partial charge in [-0.15, -0.1) is 12.4 Å². The van der Waals surface area contributed by atoms with Crippen LogP contribution in [-0.2, 0) is 0 Å². The van der Waals surface area contributed by atoms with Crippen molar-refractivity contribution in [3.8, 4) is 0 Å². The van der Waals surface area contributed by atoms with Crippen LogP contribution in [0.1, 0.15) is 41.5 Å². The average Bonchev–Trinajstić information content (AvgIpc) is 2.33. The van der Waals surface area contributed by atoms with Crippen molar-refractivity contribution in [1.29, 1.82) is 0 Å². The third-order valence-electron chi connectivity index (χ3n) is 3.14. The van der Waals surface area contributed by atoms with Crippen LogP contribution in [0.3, 0.4) is 0 Å². The molecule has 3 nitrogen and oxygen atoms in total. The smallest absolute Gasteiger partial charge is 0.265 e. The normalized spacial score (nSPS) is 9.53. The fraction of sp³-hybridized carbons (Fsp3) is 0.923. The van der Waals surface area contributed by atoms with Crippen molar-refractivity contribution >= 4 is 18.4 Å². The third-order valence-corrected chi connectivity index (χ3v) is 3.14. The standard InChI is InChI=1S/C13H30N3.ClH/c1-7-14(8-2)13(15(9-3)10-4)16(11-5)12-6;/h7-12H2,1-6H3;1H/q+1;. The summed E-state index contributed by atoms with van der Waals surface area (Å²) in [6, 6.07) is 0. The first kappa shape index (κ1) is 18.9. The summed E-state index contributed by atoms with van der Waals surface area (Å²) >= 11 is 0. The topological polar surface area (TPSA) is 9.49 Å². The highest BCUT2D eigenvalue weighted by atomic mass is 35.5. The van der Waals surface area contributed by atoms with E-state index in [1.165, 1.54) is 5.96 Å². The van der Waals surface area contributed by atoms with Gasteiger partial charge in [0, 0.05) is 0 Å². The first-order valence-corrected chi connectivity index (χ1v) is 6.81. The molecule has 0 heterocycles. The van der Waals surface area contributed by atoms with Crippen molar-refractivity contribution in [3.05, 3.63) is 0 Å². The second-order valence-corrected chi connectivity index (χ2v) is 3.82. The molecule has 0 spiro atoms. The molecule has 0 saturated carbocycles. The maximum atomic E-state index is 2.46. The van der Waals surface area contributed by atoms with Crippen LogP contribution in [0.2, 0.25) is 0 Å². The zero-order chi connectivity index (χ0) is 12.6. The maximum Gasteiger partial charge on any atom is 0.350 e. The Labute approximate surface area is 114 Å². The minimum Gasteiger partial charge on any atom is -0.265 e. The van der Waals surface area contributed by atoms with Crippen LogP contribution in [-0.4, -0.2) is 59.6 Å². The highest BCUT2D eigenvalue weighted by Gasteiger charge is 2.24. The lowest BCUT2D eigenvalue weighted by Gasteiger charge is -2.27. The molecule has 0 rings (SSSR count). The monoisotopic (exact) mass is 264 g/mol. The summed E-state index contributed by atoms with van der Waals surface area (Å²) < 4.78 is 2.46. The summed E-state index contributed by atoms with van der Waals surface area (Å²) in [4.78, 5) is 4.92. The predicted molar refractivity (Wildman–Crippen MR) is 79.4 cm³/mol. The lowest BCUT2D eigenvalue weighted by Crippen LogP contribution is -2.49. The van der Waals surface area contributed by atoms with Gasteiger partial charge in [0.25, 0.3) is 0 Å². The first-order chi connectivity index (χ1) is 7.69. The quantitative estimate of drug-likeness (QED) is 0.414. The maximum absolute atomic E-state index is 2.46. The lowest BCUT2D eigenvalue weighted by molar-refractivity contribution is -0.531. The van der Waals surface area contributed by atoms with E-state index in [1.54, 1.807) is 0 Å². The molecule has 0 fully saturated rings. The Morgan fingerprint density at radius 3 is 1.18 bits per heavy atom. The minimum atomic E-state index is 0. The fourth-order valence-corrected chi connectivity index (χ4v) is 2.12. The van der Waals surface area contributed by atoms with E-state index in [1.807, 2.05) is 0 Å². The largest absolute Gasteiger partial charge is 0.350 e. The van der Waals surface area contributed by atoms with Gasteiger partial charge in [-0.25, -0.2) is 0 Å². The molecule has 0 unspecified atom stereocenters. The van der Waals surface area contributed by atoms with Gasteiger partial charge < -0.3 is 0 Å². The van der Waals surface area contributed by atoms with E-state index >= 15 is 0 Å². The second-order valence-electron chi connectivity index (χ2n) is 3.82. The van der Waals surface area contributed by atoms with Gasteiger partial charge in [-0.05, 0) is 41.5 Å². The molecule has 0 aliphatic carbocycles. The molecule has 0 aromatic rings. The molecule has 104 valence electrons. The summed E-state index contributed by atoms with van der Waals surface area (Å²) in [6.45, 7) is 19.9. The van der Waals surface area contributed by atoms with E-state index in [9.17, 15) is 0 Å². The van der Waals surface area contributed by atoms with E-state index in [-0.39, 0.29) is 12.4 Å². The number of hydrogen-bond donors (Lipinski definition) is 0. The molecule has 0 N–H and O–H groups in total. The number of halogens is 1. The van der Waals surface area contributed by atoms with Crippen LogP contribution in [0, 0.1) is 0 Å². The number of guanidine groups is 1. The van der Waals surface area contributed by atoms with Crippen molar-refractivity contribution in [2.75, 3.05) is 39.3 Å². The van der Waals surface area contributed by atoms with Gasteiger partial charge in [0.2, 0.25) is 0 Å². The Bertz CT molecular complexity index is 189. The Hall–Kier alpha value is -0.440. The van der Waals surface area contributed by atoms with Crippen molar-refractivity contribution in [3.63, 3.8) is 0 Å². The molecule has 0 aromatic heterocycles. The zero-order valence-corrected chi connectivity index (χ0v) is 13.3. The van der Waals surface area contributed by atoms with Crippen molar-refractivity contribution in [2.24, 2.45) is 0 Å². The average molecular weight is 265 g/mol. The Morgan fingerprint density at radius 2 is 1.00 bits per heavy atom. The van der Waals surface area contributed by atoms with Crippen LogP contribution in [0.15, 0.2) is 0 Å². The van der Waals surface area contributed by atoms with Gasteiger partial charge in [-0.1, -0.05) is 0 Å². The second kappa shape index (κ2) is 10.7. The summed E-state index contributed by atoms with van der Waals surface area (Å²) in [6.07, 6.45) is 0. The van der Waals surface area contributed by atoms with Gasteiger partial charge in [-0.3, -0.25) is 14.4 Å². The number of hydrogen-bond acceptors (Lipinski definition) is 0. The third kappa shape index (κ3) is 5.15. The van der Waals surface area contributed by atoms with Crippen molar-refractivity contribution < 1.29 is 4.58 Å². The Kier molecular flexibility index (Phi) is 11.9. The molecule has 0 aliphatic heterocycles. The fourth-order valence-electron chi connectivity index (χ4n) is 2.12. The van der Waals surface area contributed by atoms with Crippen molar-refractivity contribution in [1.82, 2.24) is 9.80 Å². The van der Waals surface area contributed by atoms with E-state index in [0.717, 1.165) is 39.3 Å². The lowest BCUT2D eigenvalue weighted by atomic mass is 10.4. The first-order valence-electron chi connectivity index (χ1n) is 6.81. The summed E-state index contributed by atoms with van der Waals surface area (Å²) in [5.74, 6) is 1.40. The SMILES string of the molecule is CCN(CC)C(N(CC)CC)=[N+](CC)CC.Cl. The van der Waals surface area contributed by atoms with Crippen LogP contribution in [0.25, 0.3) is 0 Å². The van der Waals surface area contributed by atoms with Gasteiger partial charge in [0.05, 0.1) is 39.3 Å². The van der Waals surface area contributed by atoms with Crippen molar-refractivity contribution in [2.45, 2.75) is 41.5 Å². The molecule has 0 atom stereocenters. The van der Waals surface area contributed by atoms with Gasteiger partial charge in [0.15, 0.2) is 0 Å². The number of nitrogens with zero attached hydrogens (tertiary/aromatic N) is 3. The molecule has 0 amide bonds. The molecule has 4 heteroatoms. The molecule has 0 aliphatic rings. The van der Waals surface area contributed by atoms with Crippen LogP contribution < -0.4 is 0 Å². The Morgan fingerprint density at radius 1 is 0.706 bits per heavy atom. The molecule has 17 heavy (non-hydrogen) atoms. The predicted octanol–water partition coefficient (Wildman–Crippen LogP) is 2.50. The molecule has 0 saturated heterocycles. The molecule has 0 radical (unpaired) electrons. The van der Waals surface area contributed by atoms with Crippen LogP contribution in [0.4, 0.5) is 0 Å². The number of rotatable bonds is 6. The van der Waals surface area contributed by atoms with E-state index in [4.69, 9.17) is 0 Å². The molecular weight excluding hydrogens is 234 g/mol. The van der Waals surface area contributed by atoms with E-state index in [0.29, 0.717) is 0 Å². The molecule has 0 aromatic carbocycles. The summed E-state index contributed by atoms with van der Waals surface area (Å²) in [5.41, 5.74) is 0. The van der Waals surface area contributed by atoms with Gasteiger partial charge in [-0.2, -0.15) is 0 Å². The van der Waals surface area contributed by atoms with Gasteiger partial charge >= 0.3 is 5.96 Å². The zero-order valence-electron chi connectivity index (χ0n) is 12.5.